The van der Waals surface area contributed by atoms with Crippen LogP contribution in [0.5, 0.6) is 0 Å². The van der Waals surface area contributed by atoms with Gasteiger partial charge < -0.3 is 14.6 Å². The van der Waals surface area contributed by atoms with E-state index in [9.17, 15) is 9.59 Å². The van der Waals surface area contributed by atoms with Gasteiger partial charge in [-0.1, -0.05) is 6.07 Å². The van der Waals surface area contributed by atoms with Crippen molar-refractivity contribution in [3.63, 3.8) is 0 Å². The van der Waals surface area contributed by atoms with E-state index >= 15 is 0 Å². The first-order valence-corrected chi connectivity index (χ1v) is 7.14. The molecule has 1 aliphatic heterocycles. The van der Waals surface area contributed by atoms with E-state index in [1.807, 2.05) is 30.5 Å². The van der Waals surface area contributed by atoms with E-state index in [0.29, 0.717) is 18.7 Å². The minimum atomic E-state index is -0.229. The molecule has 0 radical (unpaired) electrons. The molecule has 1 fully saturated rings. The monoisotopic (exact) mass is 286 g/mol. The number of rotatable bonds is 2. The van der Waals surface area contributed by atoms with E-state index < -0.39 is 0 Å². The normalized spacial score (nSPS) is 18.7. The molecule has 3 rings (SSSR count). The molecule has 2 aromatic rings. The van der Waals surface area contributed by atoms with Gasteiger partial charge in [0.05, 0.1) is 13.0 Å². The van der Waals surface area contributed by atoms with Gasteiger partial charge in [0.25, 0.3) is 5.91 Å². The van der Waals surface area contributed by atoms with Gasteiger partial charge in [-0.3, -0.25) is 9.59 Å². The summed E-state index contributed by atoms with van der Waals surface area (Å²) in [5, 5.41) is 0.919. The molecule has 5 nitrogen and oxygen atoms in total. The van der Waals surface area contributed by atoms with Crippen LogP contribution < -0.4 is 0 Å². The number of nitrogens with one attached hydrogen (secondary N) is 1. The Labute approximate surface area is 122 Å². The number of aromatic nitrogens is 1. The Hall–Kier alpha value is -2.30. The molecule has 1 aromatic carbocycles. The molecule has 1 unspecified atom stereocenters. The van der Waals surface area contributed by atoms with Gasteiger partial charge in [-0.05, 0) is 31.0 Å². The second kappa shape index (κ2) is 5.60. The molecule has 1 amide bonds. The molecule has 0 saturated carbocycles. The van der Waals surface area contributed by atoms with Gasteiger partial charge in [0.15, 0.2) is 0 Å². The molecule has 1 aromatic heterocycles. The topological polar surface area (TPSA) is 62.4 Å². The third kappa shape index (κ3) is 2.51. The Morgan fingerprint density at radius 2 is 2.19 bits per heavy atom. The standard InChI is InChI=1S/C16H18N2O3/c1-21-16(20)11-4-3-9-18(10-11)15(19)13-5-2-6-14-12(13)7-8-17-14/h2,5-8,11,17H,3-4,9-10H2,1H3. The van der Waals surface area contributed by atoms with Crippen LogP contribution in [0.1, 0.15) is 23.2 Å². The summed E-state index contributed by atoms with van der Waals surface area (Å²) in [6.45, 7) is 1.12. The van der Waals surface area contributed by atoms with E-state index in [0.717, 1.165) is 23.7 Å². The predicted molar refractivity (Wildman–Crippen MR) is 78.9 cm³/mol. The van der Waals surface area contributed by atoms with Crippen molar-refractivity contribution in [1.82, 2.24) is 9.88 Å². The third-order valence-corrected chi connectivity index (χ3v) is 4.07. The number of fused-ring (bicyclic) bond motifs is 1. The lowest BCUT2D eigenvalue weighted by Crippen LogP contribution is -2.42. The number of piperidine rings is 1. The number of hydrogen-bond acceptors (Lipinski definition) is 3. The van der Waals surface area contributed by atoms with Crippen molar-refractivity contribution in [2.75, 3.05) is 20.2 Å². The zero-order valence-corrected chi connectivity index (χ0v) is 12.0. The Kier molecular flexibility index (Phi) is 3.64. The van der Waals surface area contributed by atoms with Gasteiger partial charge in [-0.25, -0.2) is 0 Å². The molecule has 5 heteroatoms. The highest BCUT2D eigenvalue weighted by molar-refractivity contribution is 6.06. The Morgan fingerprint density at radius 3 is 3.00 bits per heavy atom. The first-order chi connectivity index (χ1) is 10.2. The van der Waals surface area contributed by atoms with Crippen LogP contribution >= 0.6 is 0 Å². The highest BCUT2D eigenvalue weighted by atomic mass is 16.5. The predicted octanol–water partition coefficient (Wildman–Crippen LogP) is 2.19. The SMILES string of the molecule is COC(=O)C1CCCN(C(=O)c2cccc3[nH]ccc23)C1. The first kappa shape index (κ1) is 13.7. The number of hydrogen-bond donors (Lipinski definition) is 1. The number of H-pyrrole nitrogens is 1. The summed E-state index contributed by atoms with van der Waals surface area (Å²) in [6.07, 6.45) is 3.44. The number of nitrogens with zero attached hydrogens (tertiary/aromatic N) is 1. The average Bonchev–Trinajstić information content (AvgIpc) is 3.02. The number of benzene rings is 1. The number of methoxy groups -OCH3 is 1. The zero-order valence-electron chi connectivity index (χ0n) is 12.0. The number of amides is 1. The molecule has 2 heterocycles. The summed E-state index contributed by atoms with van der Waals surface area (Å²) in [6, 6.07) is 7.55. The van der Waals surface area contributed by atoms with Gasteiger partial charge in [0.1, 0.15) is 0 Å². The van der Waals surface area contributed by atoms with Gasteiger partial charge >= 0.3 is 5.97 Å². The fourth-order valence-corrected chi connectivity index (χ4v) is 2.96. The fourth-order valence-electron chi connectivity index (χ4n) is 2.96. The van der Waals surface area contributed by atoms with Crippen LogP contribution in [0, 0.1) is 5.92 Å². The highest BCUT2D eigenvalue weighted by Gasteiger charge is 2.30. The van der Waals surface area contributed by atoms with Gasteiger partial charge in [-0.2, -0.15) is 0 Å². The molecular weight excluding hydrogens is 268 g/mol. The number of likely N-dealkylation sites (tertiary alicyclic amines) is 1. The largest absolute Gasteiger partial charge is 0.469 e. The lowest BCUT2D eigenvalue weighted by atomic mass is 9.97. The van der Waals surface area contributed by atoms with Gasteiger partial charge in [-0.15, -0.1) is 0 Å². The lowest BCUT2D eigenvalue weighted by Gasteiger charge is -2.31. The lowest BCUT2D eigenvalue weighted by molar-refractivity contribution is -0.146. The quantitative estimate of drug-likeness (QED) is 0.861. The molecule has 0 spiro atoms. The van der Waals surface area contributed by atoms with Crippen molar-refractivity contribution in [1.29, 1.82) is 0 Å². The maximum absolute atomic E-state index is 12.7. The summed E-state index contributed by atoms with van der Waals surface area (Å²) < 4.78 is 4.80. The number of carbonyl (C=O) groups is 2. The van der Waals surface area contributed by atoms with Crippen molar-refractivity contribution < 1.29 is 14.3 Å². The Morgan fingerprint density at radius 1 is 1.33 bits per heavy atom. The second-order valence-corrected chi connectivity index (χ2v) is 5.36. The Balaban J connectivity index is 1.84. The average molecular weight is 286 g/mol. The summed E-state index contributed by atoms with van der Waals surface area (Å²) >= 11 is 0. The third-order valence-electron chi connectivity index (χ3n) is 4.07. The minimum Gasteiger partial charge on any atom is -0.469 e. The zero-order chi connectivity index (χ0) is 14.8. The van der Waals surface area contributed by atoms with Crippen molar-refractivity contribution in [2.24, 2.45) is 5.92 Å². The molecule has 21 heavy (non-hydrogen) atoms. The number of carbonyl (C=O) groups excluding carboxylic acids is 2. The smallest absolute Gasteiger partial charge is 0.310 e. The van der Waals surface area contributed by atoms with E-state index in [1.54, 1.807) is 4.90 Å². The molecule has 1 atom stereocenters. The van der Waals surface area contributed by atoms with Crippen molar-refractivity contribution in [3.05, 3.63) is 36.0 Å². The van der Waals surface area contributed by atoms with Crippen LogP contribution in [-0.2, 0) is 9.53 Å². The Bertz CT molecular complexity index is 677. The molecule has 1 aliphatic rings. The van der Waals surface area contributed by atoms with Gasteiger partial charge in [0, 0.05) is 35.8 Å². The van der Waals surface area contributed by atoms with E-state index in [1.165, 1.54) is 7.11 Å². The van der Waals surface area contributed by atoms with E-state index in [4.69, 9.17) is 4.74 Å². The van der Waals surface area contributed by atoms with Crippen LogP contribution in [0.15, 0.2) is 30.5 Å². The number of aromatic amines is 1. The molecule has 1 saturated heterocycles. The van der Waals surface area contributed by atoms with Crippen LogP contribution in [-0.4, -0.2) is 42.0 Å². The van der Waals surface area contributed by atoms with Crippen LogP contribution in [0.25, 0.3) is 10.9 Å². The summed E-state index contributed by atoms with van der Waals surface area (Å²) in [4.78, 5) is 29.3. The number of esters is 1. The fraction of sp³-hybridized carbons (Fsp3) is 0.375. The maximum Gasteiger partial charge on any atom is 0.310 e. The highest BCUT2D eigenvalue weighted by Crippen LogP contribution is 2.23. The molecule has 110 valence electrons. The maximum atomic E-state index is 12.7. The van der Waals surface area contributed by atoms with Crippen molar-refractivity contribution in [2.45, 2.75) is 12.8 Å². The van der Waals surface area contributed by atoms with Crippen LogP contribution in [0.4, 0.5) is 0 Å². The van der Waals surface area contributed by atoms with Crippen LogP contribution in [0.3, 0.4) is 0 Å². The van der Waals surface area contributed by atoms with Crippen LogP contribution in [0.2, 0.25) is 0 Å². The summed E-state index contributed by atoms with van der Waals surface area (Å²) in [5.74, 6) is -0.459. The minimum absolute atomic E-state index is 0.0196. The summed E-state index contributed by atoms with van der Waals surface area (Å²) in [7, 11) is 1.39. The van der Waals surface area contributed by atoms with Crippen molar-refractivity contribution >= 4 is 22.8 Å². The van der Waals surface area contributed by atoms with E-state index in [-0.39, 0.29) is 17.8 Å². The second-order valence-electron chi connectivity index (χ2n) is 5.36. The first-order valence-electron chi connectivity index (χ1n) is 7.14. The molecular formula is C16H18N2O3. The van der Waals surface area contributed by atoms with E-state index in [2.05, 4.69) is 4.98 Å². The number of ether oxygens (including phenoxy) is 1. The molecule has 1 N–H and O–H groups in total. The van der Waals surface area contributed by atoms with Crippen molar-refractivity contribution in [3.8, 4) is 0 Å². The molecule has 0 aliphatic carbocycles. The molecule has 0 bridgehead atoms. The summed E-state index contributed by atoms with van der Waals surface area (Å²) in [5.41, 5.74) is 1.63. The van der Waals surface area contributed by atoms with Gasteiger partial charge in [0.2, 0.25) is 0 Å².